The molecule has 0 saturated heterocycles. The topological polar surface area (TPSA) is 59.8 Å². The molecule has 0 bridgehead atoms. The minimum atomic E-state index is -0.0426. The van der Waals surface area contributed by atoms with Gasteiger partial charge in [-0.15, -0.1) is 21.5 Å². The lowest BCUT2D eigenvalue weighted by atomic mass is 10.1. The zero-order valence-electron chi connectivity index (χ0n) is 16.1. The Morgan fingerprint density at radius 3 is 2.52 bits per heavy atom. The zero-order valence-corrected chi connectivity index (χ0v) is 17.7. The predicted molar refractivity (Wildman–Crippen MR) is 114 cm³/mol. The molecule has 1 N–H and O–H groups in total. The lowest BCUT2D eigenvalue weighted by molar-refractivity contribution is -0.113. The van der Waals surface area contributed by atoms with Crippen LogP contribution in [0.15, 0.2) is 34.8 Å². The molecular weight excluding hydrogens is 376 g/mol. The molecule has 0 aliphatic rings. The second kappa shape index (κ2) is 8.71. The molecular formula is C20H24N4OS2. The molecule has 0 saturated carbocycles. The summed E-state index contributed by atoms with van der Waals surface area (Å²) in [6.45, 7) is 9.17. The van der Waals surface area contributed by atoms with E-state index in [2.05, 4.69) is 53.2 Å². The van der Waals surface area contributed by atoms with Gasteiger partial charge in [-0.2, -0.15) is 0 Å². The van der Waals surface area contributed by atoms with Gasteiger partial charge in [0.15, 0.2) is 11.0 Å². The summed E-state index contributed by atoms with van der Waals surface area (Å²) < 4.78 is 2.07. The molecule has 27 heavy (non-hydrogen) atoms. The van der Waals surface area contributed by atoms with Gasteiger partial charge in [-0.3, -0.25) is 4.79 Å². The number of carbonyl (C=O) groups is 1. The van der Waals surface area contributed by atoms with E-state index in [-0.39, 0.29) is 5.91 Å². The molecule has 2 heterocycles. The molecule has 0 aliphatic carbocycles. The number of benzene rings is 1. The van der Waals surface area contributed by atoms with Crippen molar-refractivity contribution in [1.82, 2.24) is 14.8 Å². The molecule has 1 aromatic carbocycles. The second-order valence-corrected chi connectivity index (χ2v) is 8.29. The molecule has 0 atom stereocenters. The number of rotatable bonds is 7. The largest absolute Gasteiger partial charge is 0.325 e. The third-order valence-electron chi connectivity index (χ3n) is 4.54. The van der Waals surface area contributed by atoms with Gasteiger partial charge in [-0.1, -0.05) is 30.8 Å². The minimum absolute atomic E-state index is 0.0426. The molecule has 0 aliphatic heterocycles. The number of nitrogens with zero attached hydrogens (tertiary/aromatic N) is 3. The highest BCUT2D eigenvalue weighted by Crippen LogP contribution is 2.31. The molecule has 3 rings (SSSR count). The van der Waals surface area contributed by atoms with Crippen molar-refractivity contribution >= 4 is 34.7 Å². The molecule has 1 amide bonds. The maximum absolute atomic E-state index is 12.3. The number of nitrogens with one attached hydrogen (secondary N) is 1. The Morgan fingerprint density at radius 2 is 1.93 bits per heavy atom. The Bertz CT molecular complexity index is 928. The van der Waals surface area contributed by atoms with E-state index in [0.29, 0.717) is 5.75 Å². The van der Waals surface area contributed by atoms with Crippen LogP contribution in [0.3, 0.4) is 0 Å². The van der Waals surface area contributed by atoms with Crippen molar-refractivity contribution in [2.24, 2.45) is 0 Å². The van der Waals surface area contributed by atoms with Crippen LogP contribution in [-0.2, 0) is 17.8 Å². The van der Waals surface area contributed by atoms with E-state index in [9.17, 15) is 4.79 Å². The van der Waals surface area contributed by atoms with Gasteiger partial charge in [0.2, 0.25) is 5.91 Å². The Labute approximate surface area is 168 Å². The van der Waals surface area contributed by atoms with E-state index >= 15 is 0 Å². The van der Waals surface area contributed by atoms with Crippen molar-refractivity contribution in [1.29, 1.82) is 0 Å². The third kappa shape index (κ3) is 4.42. The van der Waals surface area contributed by atoms with E-state index < -0.39 is 0 Å². The van der Waals surface area contributed by atoms with Crippen LogP contribution in [0, 0.1) is 13.8 Å². The highest BCUT2D eigenvalue weighted by Gasteiger charge is 2.17. The van der Waals surface area contributed by atoms with Crippen molar-refractivity contribution in [2.45, 2.75) is 45.8 Å². The molecule has 0 radical (unpaired) electrons. The normalized spacial score (nSPS) is 11.0. The fourth-order valence-electron chi connectivity index (χ4n) is 2.76. The minimum Gasteiger partial charge on any atom is -0.325 e. The number of hydrogen-bond acceptors (Lipinski definition) is 5. The molecule has 0 fully saturated rings. The summed E-state index contributed by atoms with van der Waals surface area (Å²) in [5.74, 6) is 1.13. The fraction of sp³-hybridized carbons (Fsp3) is 0.350. The smallest absolute Gasteiger partial charge is 0.234 e. The molecule has 7 heteroatoms. The quantitative estimate of drug-likeness (QED) is 0.571. The van der Waals surface area contributed by atoms with Gasteiger partial charge in [0.05, 0.1) is 5.75 Å². The van der Waals surface area contributed by atoms with E-state index in [1.165, 1.54) is 27.8 Å². The van der Waals surface area contributed by atoms with E-state index in [0.717, 1.165) is 35.2 Å². The molecule has 0 spiro atoms. The Morgan fingerprint density at radius 1 is 1.19 bits per heavy atom. The number of aromatic nitrogens is 3. The number of amides is 1. The fourth-order valence-corrected chi connectivity index (χ4v) is 4.43. The summed E-state index contributed by atoms with van der Waals surface area (Å²) in [6, 6.07) is 7.95. The van der Waals surface area contributed by atoms with E-state index in [1.807, 2.05) is 24.3 Å². The predicted octanol–water partition coefficient (Wildman–Crippen LogP) is 4.94. The standard InChI is InChI=1S/C20H24N4OS2/c1-5-15-7-9-16(10-8-15)21-18(25)12-27-20-23-22-19(24(20)6-2)17-11-26-14(4)13(17)3/h7-11H,5-6,12H2,1-4H3,(H,21,25). The van der Waals surface area contributed by atoms with Gasteiger partial charge in [0.25, 0.3) is 0 Å². The molecule has 142 valence electrons. The van der Waals surface area contributed by atoms with Crippen LogP contribution >= 0.6 is 23.1 Å². The van der Waals surface area contributed by atoms with Gasteiger partial charge < -0.3 is 9.88 Å². The summed E-state index contributed by atoms with van der Waals surface area (Å²) in [7, 11) is 0. The number of hydrogen-bond donors (Lipinski definition) is 1. The van der Waals surface area contributed by atoms with Crippen molar-refractivity contribution in [3.63, 3.8) is 0 Å². The van der Waals surface area contributed by atoms with Crippen molar-refractivity contribution in [3.05, 3.63) is 45.6 Å². The van der Waals surface area contributed by atoms with E-state index in [4.69, 9.17) is 0 Å². The number of thioether (sulfide) groups is 1. The highest BCUT2D eigenvalue weighted by molar-refractivity contribution is 7.99. The van der Waals surface area contributed by atoms with Crippen LogP contribution in [0.1, 0.15) is 29.9 Å². The first kappa shape index (κ1) is 19.6. The summed E-state index contributed by atoms with van der Waals surface area (Å²) in [5, 5.41) is 14.5. The summed E-state index contributed by atoms with van der Waals surface area (Å²) in [6.07, 6.45) is 0.988. The number of aryl methyl sites for hydroxylation is 2. The first-order valence-electron chi connectivity index (χ1n) is 9.03. The maximum Gasteiger partial charge on any atom is 0.234 e. The van der Waals surface area contributed by atoms with Crippen LogP contribution in [-0.4, -0.2) is 26.4 Å². The molecule has 2 aromatic heterocycles. The van der Waals surface area contributed by atoms with Gasteiger partial charge in [0.1, 0.15) is 0 Å². The SMILES string of the molecule is CCc1ccc(NC(=O)CSc2nnc(-c3csc(C)c3C)n2CC)cc1. The second-order valence-electron chi connectivity index (χ2n) is 6.27. The average molecular weight is 401 g/mol. The van der Waals surface area contributed by atoms with Gasteiger partial charge >= 0.3 is 0 Å². The molecule has 3 aromatic rings. The van der Waals surface area contributed by atoms with Crippen LogP contribution in [0.5, 0.6) is 0 Å². The van der Waals surface area contributed by atoms with Crippen molar-refractivity contribution in [3.8, 4) is 11.4 Å². The van der Waals surface area contributed by atoms with Crippen LogP contribution < -0.4 is 5.32 Å². The van der Waals surface area contributed by atoms with Gasteiger partial charge in [-0.05, 0) is 50.5 Å². The lowest BCUT2D eigenvalue weighted by Gasteiger charge is -2.08. The Balaban J connectivity index is 1.67. The van der Waals surface area contributed by atoms with Crippen molar-refractivity contribution in [2.75, 3.05) is 11.1 Å². The lowest BCUT2D eigenvalue weighted by Crippen LogP contribution is -2.14. The highest BCUT2D eigenvalue weighted by atomic mass is 32.2. The maximum atomic E-state index is 12.3. The zero-order chi connectivity index (χ0) is 19.4. The average Bonchev–Trinajstić information content (AvgIpc) is 3.23. The number of thiophene rings is 1. The number of anilines is 1. The summed E-state index contributed by atoms with van der Waals surface area (Å²) >= 11 is 3.14. The number of carbonyl (C=O) groups excluding carboxylic acids is 1. The van der Waals surface area contributed by atoms with Gasteiger partial charge in [0, 0.05) is 28.1 Å². The molecule has 0 unspecified atom stereocenters. The first-order valence-corrected chi connectivity index (χ1v) is 10.9. The van der Waals surface area contributed by atoms with E-state index in [1.54, 1.807) is 11.3 Å². The summed E-state index contributed by atoms with van der Waals surface area (Å²) in [5.41, 5.74) is 4.44. The Kier molecular flexibility index (Phi) is 6.34. The third-order valence-corrected chi connectivity index (χ3v) is 6.52. The van der Waals surface area contributed by atoms with Crippen LogP contribution in [0.4, 0.5) is 5.69 Å². The van der Waals surface area contributed by atoms with Crippen molar-refractivity contribution < 1.29 is 4.79 Å². The monoisotopic (exact) mass is 400 g/mol. The first-order chi connectivity index (χ1) is 13.0. The van der Waals surface area contributed by atoms with Crippen LogP contribution in [0.25, 0.3) is 11.4 Å². The van der Waals surface area contributed by atoms with Crippen LogP contribution in [0.2, 0.25) is 0 Å². The Hall–Kier alpha value is -2.12. The molecule has 5 nitrogen and oxygen atoms in total. The van der Waals surface area contributed by atoms with Gasteiger partial charge in [-0.25, -0.2) is 0 Å². The summed E-state index contributed by atoms with van der Waals surface area (Å²) in [4.78, 5) is 13.6.